The van der Waals surface area contributed by atoms with Crippen LogP contribution in [0.2, 0.25) is 5.02 Å². The van der Waals surface area contributed by atoms with Crippen molar-refractivity contribution in [2.24, 2.45) is 0 Å². The van der Waals surface area contributed by atoms with Gasteiger partial charge in [-0.2, -0.15) is 0 Å². The second kappa shape index (κ2) is 6.24. The zero-order valence-corrected chi connectivity index (χ0v) is 12.5. The SMILES string of the molecule is Nc1c(Cl)cccc1C(=O)OCc1ccc(F)cc1Br. The molecule has 0 amide bonds. The van der Waals surface area contributed by atoms with Crippen LogP contribution in [0.25, 0.3) is 0 Å². The summed E-state index contributed by atoms with van der Waals surface area (Å²) in [5.41, 5.74) is 6.75. The van der Waals surface area contributed by atoms with Crippen molar-refractivity contribution in [1.29, 1.82) is 0 Å². The Balaban J connectivity index is 2.11. The molecular formula is C14H10BrClFNO2. The van der Waals surface area contributed by atoms with Gasteiger partial charge >= 0.3 is 5.97 Å². The summed E-state index contributed by atoms with van der Waals surface area (Å²) in [6.07, 6.45) is 0. The molecule has 0 saturated heterocycles. The normalized spacial score (nSPS) is 10.3. The Labute approximate surface area is 128 Å². The average molecular weight is 359 g/mol. The van der Waals surface area contributed by atoms with E-state index in [9.17, 15) is 9.18 Å². The Hall–Kier alpha value is -1.59. The summed E-state index contributed by atoms with van der Waals surface area (Å²) < 4.78 is 18.6. The van der Waals surface area contributed by atoms with E-state index in [-0.39, 0.29) is 23.7 Å². The molecule has 0 radical (unpaired) electrons. The fraction of sp³-hybridized carbons (Fsp3) is 0.0714. The minimum absolute atomic E-state index is 0.00561. The fourth-order valence-corrected chi connectivity index (χ4v) is 2.21. The maximum absolute atomic E-state index is 12.9. The number of ether oxygens (including phenoxy) is 1. The van der Waals surface area contributed by atoms with Gasteiger partial charge in [-0.05, 0) is 24.3 Å². The number of hydrogen-bond donors (Lipinski definition) is 1. The number of hydrogen-bond acceptors (Lipinski definition) is 3. The predicted octanol–water partition coefficient (Wildman–Crippen LogP) is 4.18. The van der Waals surface area contributed by atoms with Gasteiger partial charge in [0.2, 0.25) is 0 Å². The zero-order chi connectivity index (χ0) is 14.7. The molecular weight excluding hydrogens is 349 g/mol. The molecule has 0 saturated carbocycles. The quantitative estimate of drug-likeness (QED) is 0.661. The number of benzene rings is 2. The highest BCUT2D eigenvalue weighted by molar-refractivity contribution is 9.10. The third-order valence-electron chi connectivity index (χ3n) is 2.65. The number of nitrogen functional groups attached to an aromatic ring is 1. The highest BCUT2D eigenvalue weighted by Gasteiger charge is 2.14. The molecule has 0 aliphatic rings. The lowest BCUT2D eigenvalue weighted by atomic mass is 10.2. The van der Waals surface area contributed by atoms with Crippen LogP contribution in [0.4, 0.5) is 10.1 Å². The van der Waals surface area contributed by atoms with Gasteiger partial charge in [0.15, 0.2) is 0 Å². The largest absolute Gasteiger partial charge is 0.457 e. The Morgan fingerprint density at radius 1 is 1.35 bits per heavy atom. The topological polar surface area (TPSA) is 52.3 Å². The van der Waals surface area contributed by atoms with Crippen molar-refractivity contribution in [2.45, 2.75) is 6.61 Å². The van der Waals surface area contributed by atoms with Gasteiger partial charge in [0, 0.05) is 10.0 Å². The number of carbonyl (C=O) groups is 1. The smallest absolute Gasteiger partial charge is 0.340 e. The Bertz CT molecular complexity index is 664. The standard InChI is InChI=1S/C14H10BrClFNO2/c15-11-6-9(17)5-4-8(11)7-20-14(19)10-2-1-3-12(16)13(10)18/h1-6H,7,18H2. The molecule has 0 atom stereocenters. The molecule has 0 aliphatic carbocycles. The van der Waals surface area contributed by atoms with Crippen LogP contribution in [0, 0.1) is 5.82 Å². The minimum Gasteiger partial charge on any atom is -0.457 e. The van der Waals surface area contributed by atoms with Crippen molar-refractivity contribution in [3.05, 3.63) is 62.8 Å². The lowest BCUT2D eigenvalue weighted by Gasteiger charge is -2.09. The number of anilines is 1. The van der Waals surface area contributed by atoms with E-state index in [0.29, 0.717) is 15.1 Å². The molecule has 0 bridgehead atoms. The first-order chi connectivity index (χ1) is 9.49. The van der Waals surface area contributed by atoms with E-state index in [4.69, 9.17) is 22.1 Å². The summed E-state index contributed by atoms with van der Waals surface area (Å²) in [6.45, 7) is 0.00561. The molecule has 0 aromatic heterocycles. The summed E-state index contributed by atoms with van der Waals surface area (Å²) in [6, 6.07) is 8.86. The summed E-state index contributed by atoms with van der Waals surface area (Å²) in [5, 5.41) is 0.294. The first kappa shape index (κ1) is 14.8. The van der Waals surface area contributed by atoms with E-state index in [1.54, 1.807) is 12.1 Å². The van der Waals surface area contributed by atoms with Crippen LogP contribution in [0.15, 0.2) is 40.9 Å². The maximum atomic E-state index is 12.9. The average Bonchev–Trinajstić information content (AvgIpc) is 2.40. The number of rotatable bonds is 3. The maximum Gasteiger partial charge on any atom is 0.340 e. The molecule has 6 heteroatoms. The van der Waals surface area contributed by atoms with Gasteiger partial charge in [0.05, 0.1) is 16.3 Å². The van der Waals surface area contributed by atoms with Crippen LogP contribution in [0.5, 0.6) is 0 Å². The number of halogens is 3. The van der Waals surface area contributed by atoms with Gasteiger partial charge in [0.1, 0.15) is 12.4 Å². The van der Waals surface area contributed by atoms with Crippen LogP contribution < -0.4 is 5.73 Å². The summed E-state index contributed by atoms with van der Waals surface area (Å²) >= 11 is 9.04. The van der Waals surface area contributed by atoms with E-state index in [1.165, 1.54) is 24.3 Å². The predicted molar refractivity (Wildman–Crippen MR) is 79.1 cm³/mol. The lowest BCUT2D eigenvalue weighted by molar-refractivity contribution is 0.0473. The van der Waals surface area contributed by atoms with Crippen LogP contribution in [0.1, 0.15) is 15.9 Å². The molecule has 3 nitrogen and oxygen atoms in total. The Morgan fingerprint density at radius 3 is 2.80 bits per heavy atom. The summed E-state index contributed by atoms with van der Waals surface area (Å²) in [7, 11) is 0. The van der Waals surface area contributed by atoms with E-state index in [1.807, 2.05) is 0 Å². The fourth-order valence-electron chi connectivity index (χ4n) is 1.57. The third kappa shape index (κ3) is 3.29. The first-order valence-corrected chi connectivity index (χ1v) is 6.81. The van der Waals surface area contributed by atoms with Crippen molar-refractivity contribution < 1.29 is 13.9 Å². The van der Waals surface area contributed by atoms with Crippen LogP contribution in [-0.4, -0.2) is 5.97 Å². The van der Waals surface area contributed by atoms with Gasteiger partial charge in [-0.15, -0.1) is 0 Å². The number of carbonyl (C=O) groups excluding carboxylic acids is 1. The van der Waals surface area contributed by atoms with Crippen LogP contribution in [0.3, 0.4) is 0 Å². The molecule has 0 aliphatic heterocycles. The van der Waals surface area contributed by atoms with Gasteiger partial charge in [0.25, 0.3) is 0 Å². The van der Waals surface area contributed by atoms with E-state index in [2.05, 4.69) is 15.9 Å². The molecule has 20 heavy (non-hydrogen) atoms. The van der Waals surface area contributed by atoms with Gasteiger partial charge in [-0.3, -0.25) is 0 Å². The molecule has 0 heterocycles. The van der Waals surface area contributed by atoms with E-state index >= 15 is 0 Å². The van der Waals surface area contributed by atoms with Crippen molar-refractivity contribution in [1.82, 2.24) is 0 Å². The molecule has 104 valence electrons. The summed E-state index contributed by atoms with van der Waals surface area (Å²) in [5.74, 6) is -0.952. The number of nitrogens with two attached hydrogens (primary N) is 1. The molecule has 0 fully saturated rings. The molecule has 2 aromatic carbocycles. The highest BCUT2D eigenvalue weighted by Crippen LogP contribution is 2.24. The van der Waals surface area contributed by atoms with Gasteiger partial charge in [-0.25, -0.2) is 9.18 Å². The van der Waals surface area contributed by atoms with Crippen molar-refractivity contribution in [2.75, 3.05) is 5.73 Å². The minimum atomic E-state index is -0.582. The second-order valence-electron chi connectivity index (χ2n) is 4.01. The summed E-state index contributed by atoms with van der Waals surface area (Å²) in [4.78, 5) is 11.9. The number of para-hydroxylation sites is 1. The molecule has 2 aromatic rings. The lowest BCUT2D eigenvalue weighted by Crippen LogP contribution is -2.08. The molecule has 2 N–H and O–H groups in total. The van der Waals surface area contributed by atoms with Crippen LogP contribution in [-0.2, 0) is 11.3 Å². The zero-order valence-electron chi connectivity index (χ0n) is 10.2. The van der Waals surface area contributed by atoms with Crippen LogP contribution >= 0.6 is 27.5 Å². The Kier molecular flexibility index (Phi) is 4.62. The first-order valence-electron chi connectivity index (χ1n) is 5.64. The van der Waals surface area contributed by atoms with Crippen molar-refractivity contribution >= 4 is 39.2 Å². The molecule has 2 rings (SSSR count). The van der Waals surface area contributed by atoms with Gasteiger partial charge < -0.3 is 10.5 Å². The van der Waals surface area contributed by atoms with Crippen molar-refractivity contribution in [3.63, 3.8) is 0 Å². The van der Waals surface area contributed by atoms with E-state index in [0.717, 1.165) is 0 Å². The second-order valence-corrected chi connectivity index (χ2v) is 5.27. The van der Waals surface area contributed by atoms with Gasteiger partial charge in [-0.1, -0.05) is 39.7 Å². The van der Waals surface area contributed by atoms with Crippen molar-refractivity contribution in [3.8, 4) is 0 Å². The highest BCUT2D eigenvalue weighted by atomic mass is 79.9. The Morgan fingerprint density at radius 2 is 2.10 bits per heavy atom. The monoisotopic (exact) mass is 357 g/mol. The number of esters is 1. The third-order valence-corrected chi connectivity index (χ3v) is 3.71. The van der Waals surface area contributed by atoms with E-state index < -0.39 is 5.97 Å². The molecule has 0 unspecified atom stereocenters. The molecule has 0 spiro atoms.